The molecule has 0 unspecified atom stereocenters. The molecule has 13 heavy (non-hydrogen) atoms. The molecule has 2 aromatic heterocycles. The van der Waals surface area contributed by atoms with E-state index in [4.69, 9.17) is 5.11 Å². The molecular weight excluding hydrogens is 270 g/mol. The Kier molecular flexibility index (Phi) is 2.78. The van der Waals surface area contributed by atoms with Crippen LogP contribution in [0, 0.1) is 0 Å². The van der Waals surface area contributed by atoms with E-state index in [1.54, 1.807) is 11.3 Å². The number of rotatable bonds is 2. The second-order valence-corrected chi connectivity index (χ2v) is 5.18. The van der Waals surface area contributed by atoms with E-state index in [9.17, 15) is 0 Å². The van der Waals surface area contributed by atoms with E-state index >= 15 is 0 Å². The average Bonchev–Trinajstić information content (AvgIpc) is 2.71. The van der Waals surface area contributed by atoms with Gasteiger partial charge >= 0.3 is 0 Å². The summed E-state index contributed by atoms with van der Waals surface area (Å²) in [5, 5.41) is 13.6. The van der Waals surface area contributed by atoms with E-state index in [0.29, 0.717) is 0 Å². The number of aliphatic hydroxyl groups is 1. The van der Waals surface area contributed by atoms with E-state index in [1.165, 1.54) is 11.3 Å². The van der Waals surface area contributed by atoms with Gasteiger partial charge in [0.05, 0.1) is 17.2 Å². The van der Waals surface area contributed by atoms with Crippen LogP contribution in [-0.2, 0) is 6.61 Å². The fourth-order valence-corrected chi connectivity index (χ4v) is 3.06. The van der Waals surface area contributed by atoms with Gasteiger partial charge in [-0.1, -0.05) is 0 Å². The number of thiazole rings is 1. The number of halogens is 1. The molecule has 2 aromatic rings. The lowest BCUT2D eigenvalue weighted by Crippen LogP contribution is -1.79. The molecule has 0 bridgehead atoms. The summed E-state index contributed by atoms with van der Waals surface area (Å²) in [7, 11) is 0. The highest BCUT2D eigenvalue weighted by atomic mass is 79.9. The van der Waals surface area contributed by atoms with Crippen molar-refractivity contribution < 1.29 is 5.11 Å². The first-order chi connectivity index (χ1) is 6.29. The van der Waals surface area contributed by atoms with Gasteiger partial charge in [-0.3, -0.25) is 0 Å². The quantitative estimate of drug-likeness (QED) is 0.914. The van der Waals surface area contributed by atoms with E-state index < -0.39 is 0 Å². The zero-order chi connectivity index (χ0) is 9.26. The maximum atomic E-state index is 8.85. The molecule has 0 saturated heterocycles. The Hall–Kier alpha value is -0.230. The highest BCUT2D eigenvalue weighted by molar-refractivity contribution is 9.10. The molecule has 0 aliphatic heterocycles. The maximum absolute atomic E-state index is 8.85. The Balaban J connectivity index is 2.35. The van der Waals surface area contributed by atoms with Crippen LogP contribution in [0.5, 0.6) is 0 Å². The predicted octanol–water partition coefficient (Wildman–Crippen LogP) is 3.13. The molecule has 0 fully saturated rings. The third-order valence-corrected chi connectivity index (χ3v) is 4.05. The average molecular weight is 276 g/mol. The van der Waals surface area contributed by atoms with Gasteiger partial charge in [0.1, 0.15) is 5.01 Å². The van der Waals surface area contributed by atoms with Crippen molar-refractivity contribution in [2.24, 2.45) is 0 Å². The van der Waals surface area contributed by atoms with Crippen LogP contribution in [0.4, 0.5) is 0 Å². The third kappa shape index (κ3) is 1.99. The molecule has 0 radical (unpaired) electrons. The summed E-state index contributed by atoms with van der Waals surface area (Å²) >= 11 is 6.52. The van der Waals surface area contributed by atoms with Crippen molar-refractivity contribution in [2.75, 3.05) is 0 Å². The molecule has 2 rings (SSSR count). The summed E-state index contributed by atoms with van der Waals surface area (Å²) in [6.07, 6.45) is 0. The highest BCUT2D eigenvalue weighted by Crippen LogP contribution is 2.30. The van der Waals surface area contributed by atoms with Crippen molar-refractivity contribution in [3.05, 3.63) is 26.3 Å². The molecule has 68 valence electrons. The minimum atomic E-state index is 0.0250. The van der Waals surface area contributed by atoms with Crippen molar-refractivity contribution in [2.45, 2.75) is 6.61 Å². The van der Waals surface area contributed by atoms with E-state index in [-0.39, 0.29) is 6.61 Å². The van der Waals surface area contributed by atoms with Crippen LogP contribution in [0.25, 0.3) is 10.6 Å². The lowest BCUT2D eigenvalue weighted by atomic mass is 10.4. The Morgan fingerprint density at radius 2 is 2.23 bits per heavy atom. The van der Waals surface area contributed by atoms with Crippen molar-refractivity contribution in [1.82, 2.24) is 4.98 Å². The first kappa shape index (κ1) is 9.33. The standard InChI is InChI=1S/C8H6BrNOS2/c9-5-1-7(12-3-5)6-4-13-8(2-11)10-6/h1,3-4,11H,2H2. The lowest BCUT2D eigenvalue weighted by Gasteiger charge is -1.86. The van der Waals surface area contributed by atoms with Crippen LogP contribution in [0.2, 0.25) is 0 Å². The molecule has 1 N–H and O–H groups in total. The zero-order valence-corrected chi connectivity index (χ0v) is 9.75. The predicted molar refractivity (Wildman–Crippen MR) is 59.0 cm³/mol. The molecule has 2 nitrogen and oxygen atoms in total. The fraction of sp³-hybridized carbons (Fsp3) is 0.125. The first-order valence-corrected chi connectivity index (χ1v) is 6.14. The topological polar surface area (TPSA) is 33.1 Å². The van der Waals surface area contributed by atoms with Crippen LogP contribution >= 0.6 is 38.6 Å². The second kappa shape index (κ2) is 3.88. The minimum Gasteiger partial charge on any atom is -0.389 e. The highest BCUT2D eigenvalue weighted by Gasteiger charge is 2.05. The number of nitrogens with zero attached hydrogens (tertiary/aromatic N) is 1. The lowest BCUT2D eigenvalue weighted by molar-refractivity contribution is 0.281. The molecule has 0 amide bonds. The molecule has 0 spiro atoms. The van der Waals surface area contributed by atoms with Crippen molar-refractivity contribution in [3.63, 3.8) is 0 Å². The minimum absolute atomic E-state index is 0.0250. The fourth-order valence-electron chi connectivity index (χ4n) is 0.944. The number of hydrogen-bond acceptors (Lipinski definition) is 4. The Morgan fingerprint density at radius 3 is 2.77 bits per heavy atom. The Morgan fingerprint density at radius 1 is 1.38 bits per heavy atom. The molecule has 2 heterocycles. The molecule has 0 aliphatic carbocycles. The van der Waals surface area contributed by atoms with Gasteiger partial charge in [0.25, 0.3) is 0 Å². The summed E-state index contributed by atoms with van der Waals surface area (Å²) in [5.74, 6) is 0. The van der Waals surface area contributed by atoms with Crippen LogP contribution in [-0.4, -0.2) is 10.1 Å². The molecular formula is C8H6BrNOS2. The summed E-state index contributed by atoms with van der Waals surface area (Å²) < 4.78 is 1.08. The number of aliphatic hydroxyl groups excluding tert-OH is 1. The van der Waals surface area contributed by atoms with Gasteiger partial charge in [0.15, 0.2) is 0 Å². The van der Waals surface area contributed by atoms with Crippen LogP contribution in [0.3, 0.4) is 0 Å². The van der Waals surface area contributed by atoms with Gasteiger partial charge in [0.2, 0.25) is 0 Å². The largest absolute Gasteiger partial charge is 0.389 e. The van der Waals surface area contributed by atoms with Gasteiger partial charge in [-0.05, 0) is 22.0 Å². The summed E-state index contributed by atoms with van der Waals surface area (Å²) in [6, 6.07) is 2.03. The molecule has 0 aromatic carbocycles. The maximum Gasteiger partial charge on any atom is 0.119 e. The van der Waals surface area contributed by atoms with Crippen LogP contribution in [0.15, 0.2) is 21.3 Å². The van der Waals surface area contributed by atoms with Crippen LogP contribution < -0.4 is 0 Å². The third-order valence-electron chi connectivity index (χ3n) is 1.51. The smallest absolute Gasteiger partial charge is 0.119 e. The summed E-state index contributed by atoms with van der Waals surface area (Å²) in [4.78, 5) is 5.40. The number of thiophene rings is 1. The monoisotopic (exact) mass is 275 g/mol. The number of aromatic nitrogens is 1. The molecule has 0 atom stereocenters. The Bertz CT molecular complexity index is 410. The first-order valence-electron chi connectivity index (χ1n) is 3.59. The normalized spacial score (nSPS) is 10.6. The molecule has 0 saturated carbocycles. The van der Waals surface area contributed by atoms with E-state index in [1.807, 2.05) is 16.8 Å². The van der Waals surface area contributed by atoms with Gasteiger partial charge in [-0.2, -0.15) is 0 Å². The second-order valence-electron chi connectivity index (χ2n) is 2.41. The van der Waals surface area contributed by atoms with E-state index in [0.717, 1.165) is 20.1 Å². The van der Waals surface area contributed by atoms with Gasteiger partial charge in [-0.25, -0.2) is 4.98 Å². The summed E-state index contributed by atoms with van der Waals surface area (Å²) in [5.41, 5.74) is 0.949. The molecule has 0 aliphatic rings. The SMILES string of the molecule is OCc1nc(-c2cc(Br)cs2)cs1. The van der Waals surface area contributed by atoms with Crippen LogP contribution in [0.1, 0.15) is 5.01 Å². The molecule has 5 heteroatoms. The van der Waals surface area contributed by atoms with E-state index in [2.05, 4.69) is 20.9 Å². The Labute approximate surface area is 92.0 Å². The van der Waals surface area contributed by atoms with Gasteiger partial charge in [0, 0.05) is 15.2 Å². The number of hydrogen-bond donors (Lipinski definition) is 1. The van der Waals surface area contributed by atoms with Gasteiger partial charge in [-0.15, -0.1) is 22.7 Å². The van der Waals surface area contributed by atoms with Crippen molar-refractivity contribution in [1.29, 1.82) is 0 Å². The van der Waals surface area contributed by atoms with Crippen molar-refractivity contribution >= 4 is 38.6 Å². The summed E-state index contributed by atoms with van der Waals surface area (Å²) in [6.45, 7) is 0.0250. The zero-order valence-electron chi connectivity index (χ0n) is 6.53. The van der Waals surface area contributed by atoms with Gasteiger partial charge < -0.3 is 5.11 Å². The van der Waals surface area contributed by atoms with Crippen molar-refractivity contribution in [3.8, 4) is 10.6 Å².